The maximum Gasteiger partial charge on any atom is 0.338 e. The molecule has 0 radical (unpaired) electrons. The highest BCUT2D eigenvalue weighted by atomic mass is 35.5. The number of halogens is 1. The van der Waals surface area contributed by atoms with Gasteiger partial charge in [-0.2, -0.15) is 0 Å². The smallest absolute Gasteiger partial charge is 0.338 e. The van der Waals surface area contributed by atoms with Gasteiger partial charge in [-0.05, 0) is 49.6 Å². The SMILES string of the molecule is CCOC(=O)C1=C(C)N=c2s/c(=C\c3cc(Cl)ccc3OC)c(=O)n2[C@H]1c1cccs1. The van der Waals surface area contributed by atoms with Crippen LogP contribution >= 0.6 is 34.3 Å². The Morgan fingerprint density at radius 2 is 2.16 bits per heavy atom. The molecule has 0 fully saturated rings. The third-order valence-electron chi connectivity index (χ3n) is 4.81. The van der Waals surface area contributed by atoms with Crippen molar-refractivity contribution in [3.05, 3.63) is 82.1 Å². The molecule has 0 unspecified atom stereocenters. The number of methoxy groups -OCH3 is 1. The summed E-state index contributed by atoms with van der Waals surface area (Å²) < 4.78 is 12.7. The van der Waals surface area contributed by atoms with Crippen LogP contribution in [0.3, 0.4) is 0 Å². The molecular formula is C22H19ClN2O4S2. The summed E-state index contributed by atoms with van der Waals surface area (Å²) >= 11 is 8.88. The average molecular weight is 475 g/mol. The van der Waals surface area contributed by atoms with E-state index in [0.717, 1.165) is 4.88 Å². The molecule has 2 aromatic heterocycles. The maximum absolute atomic E-state index is 13.5. The summed E-state index contributed by atoms with van der Waals surface area (Å²) in [5, 5.41) is 2.46. The van der Waals surface area contributed by atoms with Gasteiger partial charge in [-0.1, -0.05) is 29.0 Å². The molecule has 4 rings (SSSR count). The molecule has 1 atom stereocenters. The Morgan fingerprint density at radius 3 is 2.84 bits per heavy atom. The molecule has 0 bridgehead atoms. The van der Waals surface area contributed by atoms with E-state index in [4.69, 9.17) is 21.1 Å². The molecule has 3 aromatic rings. The second kappa shape index (κ2) is 8.82. The van der Waals surface area contributed by atoms with Gasteiger partial charge in [0.25, 0.3) is 5.56 Å². The topological polar surface area (TPSA) is 69.9 Å². The zero-order chi connectivity index (χ0) is 22.1. The number of hydrogen-bond acceptors (Lipinski definition) is 7. The van der Waals surface area contributed by atoms with Gasteiger partial charge in [-0.25, -0.2) is 9.79 Å². The van der Waals surface area contributed by atoms with Gasteiger partial charge in [0.1, 0.15) is 11.8 Å². The summed E-state index contributed by atoms with van der Waals surface area (Å²) in [6, 6.07) is 8.44. The van der Waals surface area contributed by atoms with Gasteiger partial charge in [0.15, 0.2) is 4.80 Å². The molecular weight excluding hydrogens is 456 g/mol. The lowest BCUT2D eigenvalue weighted by Gasteiger charge is -2.23. The monoisotopic (exact) mass is 474 g/mol. The van der Waals surface area contributed by atoms with Gasteiger partial charge in [-0.15, -0.1) is 11.3 Å². The first kappa shape index (κ1) is 21.5. The van der Waals surface area contributed by atoms with Crippen molar-refractivity contribution in [3.8, 4) is 5.75 Å². The zero-order valence-corrected chi connectivity index (χ0v) is 19.4. The number of nitrogens with zero attached hydrogens (tertiary/aromatic N) is 2. The minimum absolute atomic E-state index is 0.238. The van der Waals surface area contributed by atoms with E-state index in [1.165, 1.54) is 22.7 Å². The number of benzene rings is 1. The van der Waals surface area contributed by atoms with Crippen molar-refractivity contribution in [1.29, 1.82) is 0 Å². The Labute approximate surface area is 191 Å². The van der Waals surface area contributed by atoms with Crippen LogP contribution in [0.25, 0.3) is 6.08 Å². The van der Waals surface area contributed by atoms with E-state index >= 15 is 0 Å². The van der Waals surface area contributed by atoms with Crippen molar-refractivity contribution in [2.45, 2.75) is 19.9 Å². The standard InChI is InChI=1S/C22H19ClN2O4S2/c1-4-29-21(27)18-12(2)24-22-25(19(18)16-6-5-9-30-16)20(26)17(31-22)11-13-10-14(23)7-8-15(13)28-3/h5-11,19H,4H2,1-3H3/b17-11-/t19-/m0/s1. The molecule has 1 aliphatic heterocycles. The molecule has 0 aliphatic carbocycles. The second-order valence-corrected chi connectivity index (χ2v) is 9.13. The van der Waals surface area contributed by atoms with Gasteiger partial charge in [-0.3, -0.25) is 9.36 Å². The molecule has 0 amide bonds. The van der Waals surface area contributed by atoms with E-state index in [-0.39, 0.29) is 12.2 Å². The fourth-order valence-corrected chi connectivity index (χ4v) is 5.51. The molecule has 160 valence electrons. The van der Waals surface area contributed by atoms with Crippen LogP contribution in [0.5, 0.6) is 5.75 Å². The number of aromatic nitrogens is 1. The summed E-state index contributed by atoms with van der Waals surface area (Å²) in [5.41, 5.74) is 1.38. The van der Waals surface area contributed by atoms with Crippen LogP contribution in [-0.2, 0) is 9.53 Å². The van der Waals surface area contributed by atoms with Crippen LogP contribution in [-0.4, -0.2) is 24.3 Å². The third kappa shape index (κ3) is 3.98. The van der Waals surface area contributed by atoms with Gasteiger partial charge in [0.05, 0.1) is 29.5 Å². The van der Waals surface area contributed by atoms with Crippen molar-refractivity contribution in [2.75, 3.05) is 13.7 Å². The largest absolute Gasteiger partial charge is 0.496 e. The predicted molar refractivity (Wildman–Crippen MR) is 123 cm³/mol. The summed E-state index contributed by atoms with van der Waals surface area (Å²) in [7, 11) is 1.56. The van der Waals surface area contributed by atoms with Crippen LogP contribution in [0.4, 0.5) is 0 Å². The van der Waals surface area contributed by atoms with E-state index in [2.05, 4.69) is 4.99 Å². The quantitative estimate of drug-likeness (QED) is 0.530. The highest BCUT2D eigenvalue weighted by Gasteiger charge is 2.33. The van der Waals surface area contributed by atoms with Crippen LogP contribution in [0.2, 0.25) is 5.02 Å². The molecule has 0 saturated heterocycles. The van der Waals surface area contributed by atoms with Crippen LogP contribution < -0.4 is 19.6 Å². The van der Waals surface area contributed by atoms with Gasteiger partial charge < -0.3 is 9.47 Å². The van der Waals surface area contributed by atoms with Crippen LogP contribution in [0.15, 0.2) is 56.8 Å². The highest BCUT2D eigenvalue weighted by molar-refractivity contribution is 7.10. The molecule has 1 aromatic carbocycles. The lowest BCUT2D eigenvalue weighted by Crippen LogP contribution is -2.39. The van der Waals surface area contributed by atoms with Crippen molar-refractivity contribution < 1.29 is 14.3 Å². The molecule has 0 spiro atoms. The average Bonchev–Trinajstić information content (AvgIpc) is 3.36. The number of rotatable bonds is 5. The third-order valence-corrected chi connectivity index (χ3v) is 6.95. The van der Waals surface area contributed by atoms with Gasteiger partial charge in [0, 0.05) is 15.5 Å². The lowest BCUT2D eigenvalue weighted by atomic mass is 10.0. The Kier molecular flexibility index (Phi) is 6.13. The molecule has 0 N–H and O–H groups in total. The van der Waals surface area contributed by atoms with Crippen molar-refractivity contribution in [1.82, 2.24) is 4.57 Å². The number of carbonyl (C=O) groups excluding carboxylic acids is 1. The summed E-state index contributed by atoms with van der Waals surface area (Å²) in [5.74, 6) is 0.140. The predicted octanol–water partition coefficient (Wildman–Crippen LogP) is 3.52. The number of ether oxygens (including phenoxy) is 2. The number of thiazole rings is 1. The number of esters is 1. The Morgan fingerprint density at radius 1 is 1.35 bits per heavy atom. The van der Waals surface area contributed by atoms with Gasteiger partial charge >= 0.3 is 5.97 Å². The van der Waals surface area contributed by atoms with E-state index in [1.807, 2.05) is 17.5 Å². The number of carbonyl (C=O) groups is 1. The summed E-state index contributed by atoms with van der Waals surface area (Å²) in [4.78, 5) is 32.2. The molecule has 0 saturated carbocycles. The highest BCUT2D eigenvalue weighted by Crippen LogP contribution is 2.33. The second-order valence-electron chi connectivity index (χ2n) is 6.70. The Balaban J connectivity index is 1.96. The van der Waals surface area contributed by atoms with Crippen molar-refractivity contribution in [2.24, 2.45) is 4.99 Å². The normalized spacial score (nSPS) is 16.1. The first-order chi connectivity index (χ1) is 14.9. The summed E-state index contributed by atoms with van der Waals surface area (Å²) in [6.07, 6.45) is 1.74. The van der Waals surface area contributed by atoms with E-state index in [0.29, 0.717) is 36.9 Å². The zero-order valence-electron chi connectivity index (χ0n) is 17.0. The maximum atomic E-state index is 13.5. The number of hydrogen-bond donors (Lipinski definition) is 0. The Bertz CT molecular complexity index is 1350. The molecule has 6 nitrogen and oxygen atoms in total. The minimum atomic E-state index is -0.585. The Hall–Kier alpha value is -2.68. The number of thiophene rings is 1. The lowest BCUT2D eigenvalue weighted by molar-refractivity contribution is -0.139. The van der Waals surface area contributed by atoms with E-state index in [9.17, 15) is 9.59 Å². The van der Waals surface area contributed by atoms with Crippen LogP contribution in [0, 0.1) is 0 Å². The van der Waals surface area contributed by atoms with Crippen molar-refractivity contribution in [3.63, 3.8) is 0 Å². The molecule has 31 heavy (non-hydrogen) atoms. The molecule has 1 aliphatic rings. The van der Waals surface area contributed by atoms with Crippen molar-refractivity contribution >= 4 is 46.3 Å². The summed E-state index contributed by atoms with van der Waals surface area (Å²) in [6.45, 7) is 3.76. The number of fused-ring (bicyclic) bond motifs is 1. The van der Waals surface area contributed by atoms with E-state index < -0.39 is 12.0 Å². The first-order valence-corrected chi connectivity index (χ1v) is 11.6. The number of allylic oxidation sites excluding steroid dienone is 1. The fraction of sp³-hybridized carbons (Fsp3) is 0.227. The van der Waals surface area contributed by atoms with E-state index in [1.54, 1.807) is 49.8 Å². The molecule has 9 heteroatoms. The first-order valence-electron chi connectivity index (χ1n) is 9.51. The minimum Gasteiger partial charge on any atom is -0.496 e. The fourth-order valence-electron chi connectivity index (χ4n) is 3.47. The molecule has 3 heterocycles. The van der Waals surface area contributed by atoms with Crippen LogP contribution in [0.1, 0.15) is 30.3 Å². The van der Waals surface area contributed by atoms with Gasteiger partial charge in [0.2, 0.25) is 0 Å².